The first-order valence-corrected chi connectivity index (χ1v) is 21.5. The summed E-state index contributed by atoms with van der Waals surface area (Å²) in [5.74, 6) is 0. The molecule has 0 aliphatic heterocycles. The standard InChI is InChI=1S/C60H47N/c1-59(2)55-16-10-8-14-51(55)53-36-28-46(38-57(53)59)44-24-32-49(33-25-44)61(48-30-22-43(23-31-48)42-20-18-41(19-21-42)40-12-6-5-7-13-40)50-34-26-45(27-35-50)47-29-37-54-52-15-9-11-17-56(52)60(3,4)58(54)39-47/h5-39H,1-4H3. The van der Waals surface area contributed by atoms with Crippen LogP contribution in [0.25, 0.3) is 66.8 Å². The third-order valence-electron chi connectivity index (χ3n) is 13.5. The predicted octanol–water partition coefficient (Wildman–Crippen LogP) is 16.4. The lowest BCUT2D eigenvalue weighted by atomic mass is 9.81. The van der Waals surface area contributed by atoms with Crippen LogP contribution in [-0.4, -0.2) is 0 Å². The molecule has 0 saturated heterocycles. The van der Waals surface area contributed by atoms with E-state index in [1.807, 2.05) is 0 Å². The molecule has 0 fully saturated rings. The van der Waals surface area contributed by atoms with Gasteiger partial charge in [0.15, 0.2) is 0 Å². The van der Waals surface area contributed by atoms with Gasteiger partial charge in [-0.15, -0.1) is 0 Å². The number of hydrogen-bond donors (Lipinski definition) is 0. The summed E-state index contributed by atoms with van der Waals surface area (Å²) < 4.78 is 0. The Morgan fingerprint density at radius 2 is 0.525 bits per heavy atom. The van der Waals surface area contributed by atoms with Gasteiger partial charge < -0.3 is 4.90 Å². The molecular weight excluding hydrogens is 735 g/mol. The Hall–Kier alpha value is -7.22. The molecule has 0 aromatic heterocycles. The van der Waals surface area contributed by atoms with Crippen molar-refractivity contribution in [1.29, 1.82) is 0 Å². The van der Waals surface area contributed by atoms with Gasteiger partial charge in [-0.3, -0.25) is 0 Å². The Morgan fingerprint density at radius 1 is 0.246 bits per heavy atom. The summed E-state index contributed by atoms with van der Waals surface area (Å²) in [5, 5.41) is 0. The molecule has 0 heterocycles. The van der Waals surface area contributed by atoms with E-state index in [1.165, 1.54) is 89.0 Å². The van der Waals surface area contributed by atoms with Crippen molar-refractivity contribution >= 4 is 17.1 Å². The van der Waals surface area contributed by atoms with E-state index in [1.54, 1.807) is 0 Å². The summed E-state index contributed by atoms with van der Waals surface area (Å²) >= 11 is 0. The van der Waals surface area contributed by atoms with Crippen LogP contribution in [0.2, 0.25) is 0 Å². The van der Waals surface area contributed by atoms with Gasteiger partial charge in [-0.1, -0.05) is 191 Å². The SMILES string of the molecule is CC1(C)c2ccccc2-c2ccc(-c3ccc(N(c4ccc(-c5ccc(-c6ccccc6)cc5)cc4)c4ccc(-c5ccc6c(c5)C(C)(C)c5ccccc5-6)cc4)cc3)cc21. The van der Waals surface area contributed by atoms with Gasteiger partial charge in [0, 0.05) is 27.9 Å². The van der Waals surface area contributed by atoms with Crippen molar-refractivity contribution in [2.75, 3.05) is 4.90 Å². The van der Waals surface area contributed by atoms with E-state index in [9.17, 15) is 0 Å². The fraction of sp³-hybridized carbons (Fsp3) is 0.100. The van der Waals surface area contributed by atoms with Crippen LogP contribution >= 0.6 is 0 Å². The zero-order valence-corrected chi connectivity index (χ0v) is 35.2. The average Bonchev–Trinajstić information content (AvgIpc) is 3.69. The molecule has 0 unspecified atom stereocenters. The van der Waals surface area contributed by atoms with E-state index in [0.29, 0.717) is 0 Å². The van der Waals surface area contributed by atoms with Crippen LogP contribution in [0.4, 0.5) is 17.1 Å². The highest BCUT2D eigenvalue weighted by Gasteiger charge is 2.36. The molecule has 0 radical (unpaired) electrons. The van der Waals surface area contributed by atoms with Gasteiger partial charge in [0.1, 0.15) is 0 Å². The van der Waals surface area contributed by atoms with Crippen molar-refractivity contribution in [3.63, 3.8) is 0 Å². The van der Waals surface area contributed by atoms with Crippen LogP contribution in [0.5, 0.6) is 0 Å². The normalized spacial score (nSPS) is 13.8. The summed E-state index contributed by atoms with van der Waals surface area (Å²) in [5.41, 5.74) is 24.0. The van der Waals surface area contributed by atoms with Gasteiger partial charge in [0.25, 0.3) is 0 Å². The Balaban J connectivity index is 0.936. The Bertz CT molecular complexity index is 2930. The van der Waals surface area contributed by atoms with E-state index in [-0.39, 0.29) is 10.8 Å². The molecule has 0 spiro atoms. The van der Waals surface area contributed by atoms with E-state index in [0.717, 1.165) is 17.1 Å². The molecule has 0 atom stereocenters. The summed E-state index contributed by atoms with van der Waals surface area (Å²) in [4.78, 5) is 2.38. The highest BCUT2D eigenvalue weighted by atomic mass is 15.1. The zero-order valence-electron chi connectivity index (χ0n) is 35.2. The van der Waals surface area contributed by atoms with Gasteiger partial charge in [-0.25, -0.2) is 0 Å². The van der Waals surface area contributed by atoms with E-state index in [2.05, 4.69) is 245 Å². The molecule has 9 aromatic carbocycles. The molecular formula is C60H47N. The molecule has 0 saturated carbocycles. The van der Waals surface area contributed by atoms with Gasteiger partial charge >= 0.3 is 0 Å². The first-order chi connectivity index (χ1) is 29.7. The molecule has 1 heteroatoms. The highest BCUT2D eigenvalue weighted by Crippen LogP contribution is 2.51. The Labute approximate surface area is 360 Å². The summed E-state index contributed by atoms with van der Waals surface area (Å²) in [7, 11) is 0. The zero-order chi connectivity index (χ0) is 41.3. The lowest BCUT2D eigenvalue weighted by molar-refractivity contribution is 0.660. The van der Waals surface area contributed by atoms with Crippen molar-refractivity contribution < 1.29 is 0 Å². The second kappa shape index (κ2) is 14.2. The van der Waals surface area contributed by atoms with Crippen LogP contribution < -0.4 is 4.90 Å². The molecule has 0 bridgehead atoms. The molecule has 2 aliphatic rings. The van der Waals surface area contributed by atoms with Crippen molar-refractivity contribution in [3.8, 4) is 66.8 Å². The number of fused-ring (bicyclic) bond motifs is 6. The number of hydrogen-bond acceptors (Lipinski definition) is 1. The number of rotatable bonds is 7. The molecule has 2 aliphatic carbocycles. The van der Waals surface area contributed by atoms with Gasteiger partial charge in [0.2, 0.25) is 0 Å². The predicted molar refractivity (Wildman–Crippen MR) is 258 cm³/mol. The third kappa shape index (κ3) is 6.15. The van der Waals surface area contributed by atoms with Crippen molar-refractivity contribution in [2.45, 2.75) is 38.5 Å². The summed E-state index contributed by atoms with van der Waals surface area (Å²) in [6.45, 7) is 9.40. The summed E-state index contributed by atoms with van der Waals surface area (Å²) in [6.07, 6.45) is 0. The lowest BCUT2D eigenvalue weighted by Gasteiger charge is -2.26. The van der Waals surface area contributed by atoms with E-state index in [4.69, 9.17) is 0 Å². The van der Waals surface area contributed by atoms with Crippen LogP contribution in [0.1, 0.15) is 49.9 Å². The molecule has 0 N–H and O–H groups in total. The number of benzene rings is 9. The van der Waals surface area contributed by atoms with E-state index >= 15 is 0 Å². The quantitative estimate of drug-likeness (QED) is 0.156. The highest BCUT2D eigenvalue weighted by molar-refractivity contribution is 5.87. The van der Waals surface area contributed by atoms with Crippen LogP contribution in [0, 0.1) is 0 Å². The van der Waals surface area contributed by atoms with Crippen molar-refractivity contribution in [2.24, 2.45) is 0 Å². The van der Waals surface area contributed by atoms with Crippen LogP contribution in [0.15, 0.2) is 212 Å². The maximum atomic E-state index is 2.41. The second-order valence-corrected chi connectivity index (χ2v) is 17.8. The largest absolute Gasteiger partial charge is 0.311 e. The third-order valence-corrected chi connectivity index (χ3v) is 13.5. The fourth-order valence-electron chi connectivity index (χ4n) is 10.1. The molecule has 9 aromatic rings. The molecule has 61 heavy (non-hydrogen) atoms. The fourth-order valence-corrected chi connectivity index (χ4v) is 10.1. The number of nitrogens with zero attached hydrogens (tertiary/aromatic N) is 1. The van der Waals surface area contributed by atoms with Crippen molar-refractivity contribution in [3.05, 3.63) is 235 Å². The average molecular weight is 782 g/mol. The number of anilines is 3. The minimum atomic E-state index is -0.0397. The van der Waals surface area contributed by atoms with Crippen molar-refractivity contribution in [1.82, 2.24) is 0 Å². The van der Waals surface area contributed by atoms with E-state index < -0.39 is 0 Å². The monoisotopic (exact) mass is 781 g/mol. The maximum absolute atomic E-state index is 2.41. The molecule has 1 nitrogen and oxygen atoms in total. The first kappa shape index (κ1) is 36.8. The van der Waals surface area contributed by atoms with Gasteiger partial charge in [-0.05, 0) is 138 Å². The molecule has 11 rings (SSSR count). The van der Waals surface area contributed by atoms with Crippen LogP contribution in [0.3, 0.4) is 0 Å². The van der Waals surface area contributed by atoms with Gasteiger partial charge in [0.05, 0.1) is 0 Å². The second-order valence-electron chi connectivity index (χ2n) is 17.8. The first-order valence-electron chi connectivity index (χ1n) is 21.5. The molecule has 292 valence electrons. The minimum absolute atomic E-state index is 0.0397. The Morgan fingerprint density at radius 3 is 0.918 bits per heavy atom. The topological polar surface area (TPSA) is 3.24 Å². The lowest BCUT2D eigenvalue weighted by Crippen LogP contribution is -2.14. The Kier molecular flexibility index (Phi) is 8.58. The smallest absolute Gasteiger partial charge is 0.0462 e. The molecule has 0 amide bonds. The van der Waals surface area contributed by atoms with Crippen LogP contribution in [-0.2, 0) is 10.8 Å². The van der Waals surface area contributed by atoms with Gasteiger partial charge in [-0.2, -0.15) is 0 Å². The summed E-state index contributed by atoms with van der Waals surface area (Å²) in [6, 6.07) is 78.4. The minimum Gasteiger partial charge on any atom is -0.311 e. The maximum Gasteiger partial charge on any atom is 0.0462 e.